The molecule has 0 fully saturated rings. The van der Waals surface area contributed by atoms with Gasteiger partial charge in [-0.2, -0.15) is 0 Å². The Balaban J connectivity index is 2.60. The van der Waals surface area contributed by atoms with Crippen molar-refractivity contribution >= 4 is 6.21 Å². The van der Waals surface area contributed by atoms with Gasteiger partial charge >= 0.3 is 0 Å². The van der Waals surface area contributed by atoms with Gasteiger partial charge in [-0.05, 0) is 18.6 Å². The molecule has 0 amide bonds. The Kier molecular flexibility index (Phi) is 4.17. The average molecular weight is 191 g/mol. The van der Waals surface area contributed by atoms with Crippen LogP contribution in [0.5, 0.6) is 0 Å². The van der Waals surface area contributed by atoms with Crippen LogP contribution in [0, 0.1) is 11.1 Å². The summed E-state index contributed by atoms with van der Waals surface area (Å²) in [4.78, 5) is 0. The van der Waals surface area contributed by atoms with E-state index < -0.39 is 0 Å². The van der Waals surface area contributed by atoms with Crippen LogP contribution in [-0.2, 0) is 0 Å². The molecule has 0 aliphatic rings. The zero-order valence-corrected chi connectivity index (χ0v) is 8.81. The second-order valence-electron chi connectivity index (χ2n) is 3.65. The van der Waals surface area contributed by atoms with E-state index in [-0.39, 0.29) is 0 Å². The molecule has 0 aliphatic carbocycles. The van der Waals surface area contributed by atoms with Crippen molar-refractivity contribution in [2.24, 2.45) is 5.92 Å². The van der Waals surface area contributed by atoms with Gasteiger partial charge in [0.05, 0.1) is 0 Å². The minimum atomic E-state index is 0.451. The van der Waals surface area contributed by atoms with Gasteiger partial charge in [-0.3, -0.25) is 0 Å². The van der Waals surface area contributed by atoms with Crippen LogP contribution in [0.25, 0.3) is 0 Å². The smallest absolute Gasteiger partial charge is 0.181 e. The summed E-state index contributed by atoms with van der Waals surface area (Å²) in [6.07, 6.45) is 2.69. The molecule has 0 heterocycles. The van der Waals surface area contributed by atoms with Crippen molar-refractivity contribution in [1.29, 1.82) is 0 Å². The summed E-state index contributed by atoms with van der Waals surface area (Å²) in [6, 6.07) is 9.68. The number of hydrogen-bond acceptors (Lipinski definition) is 1. The van der Waals surface area contributed by atoms with Crippen molar-refractivity contribution in [3.05, 3.63) is 41.1 Å². The topological polar surface area (TPSA) is 26.1 Å². The number of benzene rings is 1. The predicted octanol–water partition coefficient (Wildman–Crippen LogP) is 2.66. The van der Waals surface area contributed by atoms with Crippen LogP contribution in [0.3, 0.4) is 0 Å². The first-order valence-corrected chi connectivity index (χ1v) is 5.06. The van der Waals surface area contributed by atoms with Crippen molar-refractivity contribution in [2.45, 2.75) is 20.3 Å². The Bertz CT molecular complexity index is 292. The molecule has 1 aromatic rings. The molecule has 0 aliphatic heterocycles. The highest BCUT2D eigenvalue weighted by molar-refractivity contribution is 5.75. The van der Waals surface area contributed by atoms with Gasteiger partial charge in [0.2, 0.25) is 0 Å². The molecule has 0 saturated carbocycles. The molecule has 0 bridgehead atoms. The molecule has 76 valence electrons. The van der Waals surface area contributed by atoms with Gasteiger partial charge in [0.15, 0.2) is 12.8 Å². The van der Waals surface area contributed by atoms with Crippen LogP contribution in [0.15, 0.2) is 30.3 Å². The van der Waals surface area contributed by atoms with E-state index in [0.717, 1.165) is 16.7 Å². The highest BCUT2D eigenvalue weighted by Crippen LogP contribution is 2.00. The monoisotopic (exact) mass is 191 g/mol. The van der Waals surface area contributed by atoms with Gasteiger partial charge in [0, 0.05) is 11.5 Å². The van der Waals surface area contributed by atoms with Crippen LogP contribution in [0.1, 0.15) is 25.8 Å². The third-order valence-corrected chi connectivity index (χ3v) is 2.28. The molecule has 14 heavy (non-hydrogen) atoms. The van der Waals surface area contributed by atoms with Crippen molar-refractivity contribution in [3.8, 4) is 0 Å². The highest BCUT2D eigenvalue weighted by Gasteiger charge is 2.03. The Hall–Kier alpha value is -1.31. The second-order valence-corrected chi connectivity index (χ2v) is 3.65. The lowest BCUT2D eigenvalue weighted by Crippen LogP contribution is -2.14. The predicted molar refractivity (Wildman–Crippen MR) is 59.6 cm³/mol. The maximum absolute atomic E-state index is 11.4. The molecule has 2 heteroatoms. The van der Waals surface area contributed by atoms with Crippen LogP contribution in [0.4, 0.5) is 0 Å². The van der Waals surface area contributed by atoms with Crippen LogP contribution in [-0.4, -0.2) is 17.5 Å². The lowest BCUT2D eigenvalue weighted by atomic mass is 10.1. The van der Waals surface area contributed by atoms with E-state index in [1.165, 1.54) is 0 Å². The Morgan fingerprint density at radius 1 is 1.36 bits per heavy atom. The first kappa shape index (κ1) is 10.8. The van der Waals surface area contributed by atoms with Crippen LogP contribution >= 0.6 is 0 Å². The standard InChI is InChI=1S/C12H17NO/c1-3-11(2)9-13(14)10-12-7-5-4-6-8-12/h4-8,10-11H,3,9H2,1-2H3/b13-10-. The lowest BCUT2D eigenvalue weighted by Gasteiger charge is -2.08. The fraction of sp³-hybridized carbons (Fsp3) is 0.417. The summed E-state index contributed by atoms with van der Waals surface area (Å²) in [7, 11) is 0. The number of hydroxylamine groups is 1. The first-order valence-electron chi connectivity index (χ1n) is 5.06. The summed E-state index contributed by atoms with van der Waals surface area (Å²) >= 11 is 0. The molecule has 1 atom stereocenters. The zero-order valence-electron chi connectivity index (χ0n) is 8.81. The zero-order chi connectivity index (χ0) is 10.4. The fourth-order valence-corrected chi connectivity index (χ4v) is 1.19. The summed E-state index contributed by atoms with van der Waals surface area (Å²) in [5.74, 6) is 0.451. The van der Waals surface area contributed by atoms with E-state index in [2.05, 4.69) is 13.8 Å². The van der Waals surface area contributed by atoms with E-state index in [9.17, 15) is 5.21 Å². The molecule has 0 spiro atoms. The summed E-state index contributed by atoms with van der Waals surface area (Å²) < 4.78 is 1.02. The van der Waals surface area contributed by atoms with Crippen LogP contribution in [0.2, 0.25) is 0 Å². The summed E-state index contributed by atoms with van der Waals surface area (Å²) in [5, 5.41) is 11.4. The molecular weight excluding hydrogens is 174 g/mol. The number of nitrogens with zero attached hydrogens (tertiary/aromatic N) is 1. The Morgan fingerprint density at radius 2 is 2.00 bits per heavy atom. The molecule has 2 nitrogen and oxygen atoms in total. The van der Waals surface area contributed by atoms with Gasteiger partial charge < -0.3 is 5.21 Å². The molecule has 1 aromatic carbocycles. The molecule has 0 aromatic heterocycles. The highest BCUT2D eigenvalue weighted by atomic mass is 16.5. The van der Waals surface area contributed by atoms with E-state index in [0.29, 0.717) is 12.5 Å². The van der Waals surface area contributed by atoms with Gasteiger partial charge in [0.25, 0.3) is 0 Å². The molecular formula is C12H17NO. The largest absolute Gasteiger partial charge is 0.624 e. The Morgan fingerprint density at radius 3 is 2.57 bits per heavy atom. The minimum absolute atomic E-state index is 0.451. The van der Waals surface area contributed by atoms with Gasteiger partial charge in [-0.1, -0.05) is 32.0 Å². The Labute approximate surface area is 85.5 Å². The van der Waals surface area contributed by atoms with E-state index in [4.69, 9.17) is 0 Å². The molecule has 0 saturated heterocycles. The third kappa shape index (κ3) is 3.60. The average Bonchev–Trinajstić information content (AvgIpc) is 2.19. The summed E-state index contributed by atoms with van der Waals surface area (Å²) in [5.41, 5.74) is 0.964. The lowest BCUT2D eigenvalue weighted by molar-refractivity contribution is -0.460. The van der Waals surface area contributed by atoms with Crippen LogP contribution < -0.4 is 0 Å². The maximum atomic E-state index is 11.4. The molecule has 1 rings (SSSR count). The fourth-order valence-electron chi connectivity index (χ4n) is 1.19. The van der Waals surface area contributed by atoms with E-state index in [1.807, 2.05) is 30.3 Å². The SMILES string of the molecule is CCC(C)C/[N+]([O-])=C/c1ccccc1. The third-order valence-electron chi connectivity index (χ3n) is 2.28. The number of hydrogen-bond donors (Lipinski definition) is 0. The summed E-state index contributed by atoms with van der Waals surface area (Å²) in [6.45, 7) is 4.76. The van der Waals surface area contributed by atoms with Gasteiger partial charge in [0.1, 0.15) is 0 Å². The van der Waals surface area contributed by atoms with Gasteiger partial charge in [-0.15, -0.1) is 0 Å². The van der Waals surface area contributed by atoms with E-state index >= 15 is 0 Å². The van der Waals surface area contributed by atoms with Crippen molar-refractivity contribution in [3.63, 3.8) is 0 Å². The quantitative estimate of drug-likeness (QED) is 0.311. The maximum Gasteiger partial charge on any atom is 0.181 e. The molecule has 0 radical (unpaired) electrons. The minimum Gasteiger partial charge on any atom is -0.624 e. The van der Waals surface area contributed by atoms with E-state index in [1.54, 1.807) is 6.21 Å². The first-order chi connectivity index (χ1) is 6.72. The number of rotatable bonds is 4. The second kappa shape index (κ2) is 5.43. The molecule has 1 unspecified atom stereocenters. The molecule has 0 N–H and O–H groups in total. The normalized spacial score (nSPS) is 14.0. The van der Waals surface area contributed by atoms with Crippen molar-refractivity contribution in [1.82, 2.24) is 0 Å². The van der Waals surface area contributed by atoms with Gasteiger partial charge in [-0.25, -0.2) is 4.74 Å². The van der Waals surface area contributed by atoms with Crippen molar-refractivity contribution < 1.29 is 4.74 Å². The van der Waals surface area contributed by atoms with Crippen molar-refractivity contribution in [2.75, 3.05) is 6.54 Å².